The lowest BCUT2D eigenvalue weighted by Crippen LogP contribution is -2.36. The molecule has 0 aliphatic heterocycles. The summed E-state index contributed by atoms with van der Waals surface area (Å²) in [6.07, 6.45) is -6.38. The molecule has 0 saturated heterocycles. The average molecular weight is 317 g/mol. The van der Waals surface area contributed by atoms with Crippen molar-refractivity contribution in [3.63, 3.8) is 0 Å². The van der Waals surface area contributed by atoms with Gasteiger partial charge in [0.2, 0.25) is 6.30 Å². The molecule has 0 aromatic heterocycles. The fourth-order valence-electron chi connectivity index (χ4n) is 1.15. The third-order valence-corrected chi connectivity index (χ3v) is 2.68. The summed E-state index contributed by atoms with van der Waals surface area (Å²) >= 11 is 11.2. The summed E-state index contributed by atoms with van der Waals surface area (Å²) in [6, 6.07) is 1.91. The molecule has 1 atom stereocenters. The summed E-state index contributed by atoms with van der Waals surface area (Å²) in [5.41, 5.74) is -1.29. The van der Waals surface area contributed by atoms with E-state index in [-0.39, 0.29) is 5.02 Å². The van der Waals surface area contributed by atoms with Crippen LogP contribution in [-0.4, -0.2) is 23.6 Å². The van der Waals surface area contributed by atoms with Crippen LogP contribution in [0.4, 0.5) is 18.9 Å². The van der Waals surface area contributed by atoms with Gasteiger partial charge in [-0.1, -0.05) is 23.2 Å². The number of nitro benzene ring substituents is 1. The zero-order valence-corrected chi connectivity index (χ0v) is 10.4. The SMILES string of the molecule is O=C(NC(F)C(F)F)c1c(Cl)ccc([N+](=O)[O-])c1Cl. The normalized spacial score (nSPS) is 12.3. The number of nitrogens with zero attached hydrogens (tertiary/aromatic N) is 1. The number of rotatable bonds is 4. The first kappa shape index (κ1) is 15.5. The number of nitro groups is 1. The highest BCUT2D eigenvalue weighted by atomic mass is 35.5. The van der Waals surface area contributed by atoms with Gasteiger partial charge in [-0.2, -0.15) is 0 Å². The van der Waals surface area contributed by atoms with Gasteiger partial charge in [-0.15, -0.1) is 0 Å². The minimum Gasteiger partial charge on any atom is -0.318 e. The molecule has 1 N–H and O–H groups in total. The van der Waals surface area contributed by atoms with Gasteiger partial charge in [0.25, 0.3) is 18.0 Å². The molecular weight excluding hydrogens is 312 g/mol. The summed E-state index contributed by atoms with van der Waals surface area (Å²) < 4.78 is 36.6. The molecule has 1 amide bonds. The topological polar surface area (TPSA) is 72.2 Å². The summed E-state index contributed by atoms with van der Waals surface area (Å²) in [5, 5.41) is 10.9. The van der Waals surface area contributed by atoms with Crippen molar-refractivity contribution in [2.75, 3.05) is 0 Å². The summed E-state index contributed by atoms with van der Waals surface area (Å²) in [7, 11) is 0. The van der Waals surface area contributed by atoms with E-state index in [1.807, 2.05) is 0 Å². The maximum atomic E-state index is 12.7. The van der Waals surface area contributed by atoms with Crippen molar-refractivity contribution in [3.8, 4) is 0 Å². The Hall–Kier alpha value is -1.54. The largest absolute Gasteiger partial charge is 0.318 e. The maximum absolute atomic E-state index is 12.7. The summed E-state index contributed by atoms with van der Waals surface area (Å²) in [6.45, 7) is 0. The third kappa shape index (κ3) is 3.48. The van der Waals surface area contributed by atoms with Crippen molar-refractivity contribution in [2.45, 2.75) is 12.7 Å². The van der Waals surface area contributed by atoms with Crippen molar-refractivity contribution in [1.29, 1.82) is 0 Å². The lowest BCUT2D eigenvalue weighted by Gasteiger charge is -2.11. The van der Waals surface area contributed by atoms with Crippen LogP contribution >= 0.6 is 23.2 Å². The first-order valence-corrected chi connectivity index (χ1v) is 5.36. The zero-order valence-electron chi connectivity index (χ0n) is 8.87. The number of carbonyl (C=O) groups excluding carboxylic acids is 1. The van der Waals surface area contributed by atoms with Crippen LogP contribution in [-0.2, 0) is 0 Å². The van der Waals surface area contributed by atoms with E-state index in [1.165, 1.54) is 5.32 Å². The number of amides is 1. The van der Waals surface area contributed by atoms with Crippen molar-refractivity contribution < 1.29 is 22.9 Å². The van der Waals surface area contributed by atoms with E-state index >= 15 is 0 Å². The molecule has 0 fully saturated rings. The van der Waals surface area contributed by atoms with E-state index in [0.717, 1.165) is 12.1 Å². The lowest BCUT2D eigenvalue weighted by atomic mass is 10.2. The van der Waals surface area contributed by atoms with E-state index in [0.29, 0.717) is 0 Å². The molecule has 0 radical (unpaired) electrons. The van der Waals surface area contributed by atoms with Gasteiger partial charge < -0.3 is 5.32 Å². The minimum absolute atomic E-state index is 0.324. The molecule has 0 spiro atoms. The standard InChI is InChI=1S/C9H5Cl2F3N2O3/c10-3-1-2-4(16(18)19)6(11)5(3)9(17)15-8(14)7(12)13/h1-2,7-8H,(H,15,17). The quantitative estimate of drug-likeness (QED) is 0.526. The Labute approximate surface area is 114 Å². The zero-order chi connectivity index (χ0) is 14.7. The van der Waals surface area contributed by atoms with Crippen LogP contribution < -0.4 is 5.32 Å². The van der Waals surface area contributed by atoms with Gasteiger partial charge in [0, 0.05) is 6.07 Å². The highest BCUT2D eigenvalue weighted by Crippen LogP contribution is 2.33. The number of hydrogen-bond acceptors (Lipinski definition) is 3. The fourth-order valence-corrected chi connectivity index (χ4v) is 1.76. The molecule has 0 saturated carbocycles. The summed E-state index contributed by atoms with van der Waals surface area (Å²) in [4.78, 5) is 21.2. The van der Waals surface area contributed by atoms with E-state index in [9.17, 15) is 28.1 Å². The molecule has 1 aromatic rings. The Morgan fingerprint density at radius 3 is 2.37 bits per heavy atom. The van der Waals surface area contributed by atoms with Gasteiger partial charge in [-0.05, 0) is 6.07 Å². The van der Waals surface area contributed by atoms with Gasteiger partial charge >= 0.3 is 0 Å². The number of benzene rings is 1. The van der Waals surface area contributed by atoms with Gasteiger partial charge in [0.15, 0.2) is 0 Å². The number of alkyl halides is 3. The molecule has 0 aliphatic rings. The van der Waals surface area contributed by atoms with Crippen molar-refractivity contribution in [1.82, 2.24) is 5.32 Å². The number of nitrogens with one attached hydrogen (secondary N) is 1. The molecule has 1 rings (SSSR count). The second kappa shape index (κ2) is 6.07. The van der Waals surface area contributed by atoms with E-state index in [4.69, 9.17) is 23.2 Å². The molecule has 10 heteroatoms. The van der Waals surface area contributed by atoms with Gasteiger partial charge in [-0.3, -0.25) is 14.9 Å². The molecule has 0 bridgehead atoms. The van der Waals surface area contributed by atoms with E-state index < -0.39 is 39.8 Å². The van der Waals surface area contributed by atoms with E-state index in [2.05, 4.69) is 0 Å². The second-order valence-corrected chi connectivity index (χ2v) is 4.01. The van der Waals surface area contributed by atoms with Gasteiger partial charge in [-0.25, -0.2) is 13.2 Å². The number of carbonyl (C=O) groups is 1. The van der Waals surface area contributed by atoms with Crippen molar-refractivity contribution in [3.05, 3.63) is 37.9 Å². The maximum Gasteiger partial charge on any atom is 0.288 e. The van der Waals surface area contributed by atoms with Crippen LogP contribution in [0.1, 0.15) is 10.4 Å². The minimum atomic E-state index is -3.44. The van der Waals surface area contributed by atoms with Crippen LogP contribution in [0, 0.1) is 10.1 Å². The van der Waals surface area contributed by atoms with Crippen LogP contribution in [0.5, 0.6) is 0 Å². The van der Waals surface area contributed by atoms with Gasteiger partial charge in [0.1, 0.15) is 5.02 Å². The number of halogens is 5. The Morgan fingerprint density at radius 1 is 1.32 bits per heavy atom. The van der Waals surface area contributed by atoms with Crippen molar-refractivity contribution >= 4 is 34.8 Å². The van der Waals surface area contributed by atoms with Gasteiger partial charge in [0.05, 0.1) is 15.5 Å². The molecule has 0 heterocycles. The predicted molar refractivity (Wildman–Crippen MR) is 61.5 cm³/mol. The highest BCUT2D eigenvalue weighted by Gasteiger charge is 2.27. The van der Waals surface area contributed by atoms with Crippen LogP contribution in [0.2, 0.25) is 10.0 Å². The Bertz CT molecular complexity index is 528. The fraction of sp³-hybridized carbons (Fsp3) is 0.222. The molecular formula is C9H5Cl2F3N2O3. The molecule has 19 heavy (non-hydrogen) atoms. The third-order valence-electron chi connectivity index (χ3n) is 1.98. The average Bonchev–Trinajstić information content (AvgIpc) is 2.27. The van der Waals surface area contributed by atoms with E-state index in [1.54, 1.807) is 0 Å². The Kier molecular flexibility index (Phi) is 4.96. The van der Waals surface area contributed by atoms with Crippen LogP contribution in [0.15, 0.2) is 12.1 Å². The molecule has 0 aliphatic carbocycles. The number of hydrogen-bond donors (Lipinski definition) is 1. The first-order chi connectivity index (χ1) is 8.75. The smallest absolute Gasteiger partial charge is 0.288 e. The molecule has 1 unspecified atom stereocenters. The summed E-state index contributed by atoms with van der Waals surface area (Å²) in [5.74, 6) is -1.37. The lowest BCUT2D eigenvalue weighted by molar-refractivity contribution is -0.384. The van der Waals surface area contributed by atoms with Crippen LogP contribution in [0.25, 0.3) is 0 Å². The molecule has 104 valence electrons. The Morgan fingerprint density at radius 2 is 1.89 bits per heavy atom. The monoisotopic (exact) mass is 316 g/mol. The Balaban J connectivity index is 3.16. The first-order valence-electron chi connectivity index (χ1n) is 4.61. The predicted octanol–water partition coefficient (Wildman–Crippen LogP) is 3.19. The highest BCUT2D eigenvalue weighted by molar-refractivity contribution is 6.41. The van der Waals surface area contributed by atoms with Crippen LogP contribution in [0.3, 0.4) is 0 Å². The molecule has 5 nitrogen and oxygen atoms in total. The van der Waals surface area contributed by atoms with Crippen molar-refractivity contribution in [2.24, 2.45) is 0 Å². The molecule has 1 aromatic carbocycles. The second-order valence-electron chi connectivity index (χ2n) is 3.22.